The van der Waals surface area contributed by atoms with E-state index in [4.69, 9.17) is 4.74 Å². The number of hydrogen-bond donors (Lipinski definition) is 1. The van der Waals surface area contributed by atoms with Gasteiger partial charge in [0.2, 0.25) is 5.91 Å². The second-order valence-corrected chi connectivity index (χ2v) is 7.52. The minimum absolute atomic E-state index is 0. The number of carbonyl (C=O) groups excluding carboxylic acids is 2. The van der Waals surface area contributed by atoms with Crippen LogP contribution in [-0.2, 0) is 14.3 Å². The number of halogens is 1. The lowest BCUT2D eigenvalue weighted by atomic mass is 9.91. The number of carbonyl (C=O) groups is 2. The highest BCUT2D eigenvalue weighted by molar-refractivity contribution is 5.85. The SMILES string of the molecule is Cl.O=C(C1CCCO1)N1CCN(C(=O)C2CC23CCNCC3)CC1. The molecule has 3 saturated heterocycles. The molecule has 24 heavy (non-hydrogen) atoms. The Morgan fingerprint density at radius 3 is 2.21 bits per heavy atom. The van der Waals surface area contributed by atoms with Crippen LogP contribution in [-0.4, -0.2) is 73.6 Å². The summed E-state index contributed by atoms with van der Waals surface area (Å²) in [5.74, 6) is 0.692. The summed E-state index contributed by atoms with van der Waals surface area (Å²) < 4.78 is 5.49. The third-order valence-electron chi connectivity index (χ3n) is 6.20. The zero-order valence-corrected chi connectivity index (χ0v) is 15.0. The summed E-state index contributed by atoms with van der Waals surface area (Å²) in [6.45, 7) is 5.48. The average molecular weight is 358 g/mol. The van der Waals surface area contributed by atoms with Crippen molar-refractivity contribution in [3.63, 3.8) is 0 Å². The lowest BCUT2D eigenvalue weighted by Crippen LogP contribution is -2.53. The van der Waals surface area contributed by atoms with Crippen LogP contribution < -0.4 is 5.32 Å². The van der Waals surface area contributed by atoms with E-state index in [2.05, 4.69) is 5.32 Å². The molecular formula is C17H28ClN3O3. The van der Waals surface area contributed by atoms with Gasteiger partial charge in [0.15, 0.2) is 0 Å². The summed E-state index contributed by atoms with van der Waals surface area (Å²) in [6, 6.07) is 0. The molecule has 4 fully saturated rings. The van der Waals surface area contributed by atoms with Crippen molar-refractivity contribution in [1.82, 2.24) is 15.1 Å². The third-order valence-corrected chi connectivity index (χ3v) is 6.20. The Kier molecular flexibility index (Phi) is 5.37. The quantitative estimate of drug-likeness (QED) is 0.788. The zero-order chi connectivity index (χ0) is 15.9. The predicted octanol–water partition coefficient (Wildman–Crippen LogP) is 0.648. The molecule has 2 atom stereocenters. The lowest BCUT2D eigenvalue weighted by molar-refractivity contribution is -0.146. The number of nitrogens with zero attached hydrogens (tertiary/aromatic N) is 2. The molecule has 0 bridgehead atoms. The normalized spacial score (nSPS) is 31.7. The van der Waals surface area contributed by atoms with Crippen molar-refractivity contribution < 1.29 is 14.3 Å². The van der Waals surface area contributed by atoms with Gasteiger partial charge in [-0.25, -0.2) is 0 Å². The molecule has 3 aliphatic heterocycles. The van der Waals surface area contributed by atoms with Gasteiger partial charge in [0.05, 0.1) is 0 Å². The Bertz CT molecular complexity index is 481. The van der Waals surface area contributed by atoms with Crippen LogP contribution in [0.25, 0.3) is 0 Å². The first-order chi connectivity index (χ1) is 11.2. The van der Waals surface area contributed by atoms with Crippen LogP contribution >= 0.6 is 12.4 Å². The molecule has 3 heterocycles. The van der Waals surface area contributed by atoms with Gasteiger partial charge < -0.3 is 19.9 Å². The second kappa shape index (κ2) is 7.18. The Balaban J connectivity index is 0.00000169. The fraction of sp³-hybridized carbons (Fsp3) is 0.882. The Hall–Kier alpha value is -0.850. The van der Waals surface area contributed by atoms with E-state index in [1.54, 1.807) is 0 Å². The van der Waals surface area contributed by atoms with Crippen molar-refractivity contribution in [2.24, 2.45) is 11.3 Å². The van der Waals surface area contributed by atoms with E-state index in [-0.39, 0.29) is 30.3 Å². The highest BCUT2D eigenvalue weighted by Gasteiger charge is 2.58. The van der Waals surface area contributed by atoms with Crippen molar-refractivity contribution in [2.75, 3.05) is 45.9 Å². The standard InChI is InChI=1S/C17H27N3O3.ClH/c21-15(13-12-17(13)3-5-18-6-4-17)19-7-9-20(10-8-19)16(22)14-2-1-11-23-14;/h13-14,18H,1-12H2;1H. The number of piperidine rings is 1. The number of nitrogens with one attached hydrogen (secondary N) is 1. The molecule has 2 amide bonds. The van der Waals surface area contributed by atoms with Gasteiger partial charge in [-0.3, -0.25) is 9.59 Å². The van der Waals surface area contributed by atoms with Crippen LogP contribution in [0.15, 0.2) is 0 Å². The summed E-state index contributed by atoms with van der Waals surface area (Å²) in [5, 5.41) is 3.38. The second-order valence-electron chi connectivity index (χ2n) is 7.52. The number of ether oxygens (including phenoxy) is 1. The molecule has 1 aliphatic carbocycles. The van der Waals surface area contributed by atoms with Crippen LogP contribution in [0.2, 0.25) is 0 Å². The minimum Gasteiger partial charge on any atom is -0.368 e. The van der Waals surface area contributed by atoms with E-state index >= 15 is 0 Å². The molecule has 1 saturated carbocycles. The number of rotatable bonds is 2. The number of hydrogen-bond acceptors (Lipinski definition) is 4. The minimum atomic E-state index is -0.237. The molecule has 0 aromatic heterocycles. The smallest absolute Gasteiger partial charge is 0.251 e. The van der Waals surface area contributed by atoms with Gasteiger partial charge in [0.1, 0.15) is 6.10 Å². The first kappa shape index (κ1) is 18.0. The van der Waals surface area contributed by atoms with Gasteiger partial charge in [-0.15, -0.1) is 12.4 Å². The van der Waals surface area contributed by atoms with Crippen LogP contribution in [0.5, 0.6) is 0 Å². The van der Waals surface area contributed by atoms with Crippen LogP contribution in [0.4, 0.5) is 0 Å². The Morgan fingerprint density at radius 2 is 1.62 bits per heavy atom. The van der Waals surface area contributed by atoms with E-state index in [0.717, 1.165) is 45.2 Å². The van der Waals surface area contributed by atoms with E-state index in [1.807, 2.05) is 9.80 Å². The fourth-order valence-corrected chi connectivity index (χ4v) is 4.52. The highest BCUT2D eigenvalue weighted by atomic mass is 35.5. The summed E-state index contributed by atoms with van der Waals surface area (Å²) in [7, 11) is 0. The first-order valence-corrected chi connectivity index (χ1v) is 9.10. The van der Waals surface area contributed by atoms with Crippen molar-refractivity contribution in [3.05, 3.63) is 0 Å². The van der Waals surface area contributed by atoms with Gasteiger partial charge in [-0.1, -0.05) is 0 Å². The summed E-state index contributed by atoms with van der Waals surface area (Å²) >= 11 is 0. The topological polar surface area (TPSA) is 61.9 Å². The Morgan fingerprint density at radius 1 is 1.00 bits per heavy atom. The fourth-order valence-electron chi connectivity index (χ4n) is 4.52. The van der Waals surface area contributed by atoms with Crippen molar-refractivity contribution in [3.8, 4) is 0 Å². The maximum atomic E-state index is 12.7. The molecule has 7 heteroatoms. The molecule has 6 nitrogen and oxygen atoms in total. The lowest BCUT2D eigenvalue weighted by Gasteiger charge is -2.36. The summed E-state index contributed by atoms with van der Waals surface area (Å²) in [5.41, 5.74) is 0.299. The van der Waals surface area contributed by atoms with Crippen molar-refractivity contribution >= 4 is 24.2 Å². The molecule has 4 rings (SSSR count). The average Bonchev–Trinajstić information content (AvgIpc) is 3.02. The van der Waals surface area contributed by atoms with Crippen LogP contribution in [0.1, 0.15) is 32.1 Å². The molecule has 4 aliphatic rings. The van der Waals surface area contributed by atoms with E-state index in [9.17, 15) is 9.59 Å². The maximum absolute atomic E-state index is 12.7. The maximum Gasteiger partial charge on any atom is 0.251 e. The number of piperazine rings is 1. The van der Waals surface area contributed by atoms with Crippen LogP contribution in [0, 0.1) is 11.3 Å². The summed E-state index contributed by atoms with van der Waals surface area (Å²) in [6.07, 6.45) is 4.94. The molecule has 0 radical (unpaired) electrons. The first-order valence-electron chi connectivity index (χ1n) is 9.10. The monoisotopic (exact) mass is 357 g/mol. The molecule has 1 spiro atoms. The summed E-state index contributed by atoms with van der Waals surface area (Å²) in [4.78, 5) is 29.0. The molecule has 0 aromatic carbocycles. The number of amides is 2. The van der Waals surface area contributed by atoms with E-state index in [1.165, 1.54) is 0 Å². The Labute approximate surface area is 149 Å². The highest BCUT2D eigenvalue weighted by Crippen LogP contribution is 2.59. The largest absolute Gasteiger partial charge is 0.368 e. The van der Waals surface area contributed by atoms with Crippen molar-refractivity contribution in [2.45, 2.75) is 38.2 Å². The van der Waals surface area contributed by atoms with Gasteiger partial charge in [0, 0.05) is 38.7 Å². The van der Waals surface area contributed by atoms with Gasteiger partial charge >= 0.3 is 0 Å². The van der Waals surface area contributed by atoms with Crippen molar-refractivity contribution in [1.29, 1.82) is 0 Å². The third kappa shape index (κ3) is 3.28. The van der Waals surface area contributed by atoms with Gasteiger partial charge in [-0.05, 0) is 50.6 Å². The van der Waals surface area contributed by atoms with E-state index in [0.29, 0.717) is 44.1 Å². The van der Waals surface area contributed by atoms with Gasteiger partial charge in [-0.2, -0.15) is 0 Å². The predicted molar refractivity (Wildman–Crippen MR) is 92.0 cm³/mol. The molecule has 0 aromatic rings. The van der Waals surface area contributed by atoms with Crippen LogP contribution in [0.3, 0.4) is 0 Å². The molecule has 2 unspecified atom stereocenters. The zero-order valence-electron chi connectivity index (χ0n) is 14.2. The molecule has 1 N–H and O–H groups in total. The van der Waals surface area contributed by atoms with Gasteiger partial charge in [0.25, 0.3) is 5.91 Å². The van der Waals surface area contributed by atoms with E-state index < -0.39 is 0 Å². The molecule has 136 valence electrons. The molecular weight excluding hydrogens is 330 g/mol.